The Kier molecular flexibility index (Phi) is 3.73. The van der Waals surface area contributed by atoms with Gasteiger partial charge in [0.1, 0.15) is 0 Å². The van der Waals surface area contributed by atoms with Crippen molar-refractivity contribution < 1.29 is 4.79 Å². The largest absolute Gasteiger partial charge is 0.325 e. The second kappa shape index (κ2) is 5.47. The fraction of sp³-hybridized carbons (Fsp3) is 0.929. The van der Waals surface area contributed by atoms with Crippen LogP contribution in [0.2, 0.25) is 0 Å². The van der Waals surface area contributed by atoms with E-state index in [-0.39, 0.29) is 0 Å². The highest BCUT2D eigenvalue weighted by Crippen LogP contribution is 2.27. The van der Waals surface area contributed by atoms with Crippen molar-refractivity contribution in [3.63, 3.8) is 0 Å². The summed E-state index contributed by atoms with van der Waals surface area (Å²) in [6.45, 7) is 5.02. The first-order valence-electron chi connectivity index (χ1n) is 7.62. The van der Waals surface area contributed by atoms with Gasteiger partial charge in [-0.05, 0) is 31.6 Å². The van der Waals surface area contributed by atoms with Crippen molar-refractivity contribution >= 4 is 6.03 Å². The lowest BCUT2D eigenvalue weighted by molar-refractivity contribution is 0.105. The number of nitrogens with one attached hydrogen (secondary N) is 1. The van der Waals surface area contributed by atoms with E-state index >= 15 is 0 Å². The number of fused-ring (bicyclic) bond motifs is 1. The number of rotatable bonds is 0. The molecule has 0 aromatic rings. The van der Waals surface area contributed by atoms with E-state index in [2.05, 4.69) is 15.1 Å². The third kappa shape index (κ3) is 2.35. The molecule has 3 saturated heterocycles. The molecule has 4 nitrogen and oxygen atoms in total. The van der Waals surface area contributed by atoms with Crippen molar-refractivity contribution in [2.45, 2.75) is 44.6 Å². The smallest absolute Gasteiger partial charge is 0.320 e. The van der Waals surface area contributed by atoms with Crippen molar-refractivity contribution in [3.05, 3.63) is 0 Å². The highest BCUT2D eigenvalue weighted by Gasteiger charge is 2.38. The van der Waals surface area contributed by atoms with E-state index in [0.717, 1.165) is 32.7 Å². The van der Waals surface area contributed by atoms with Crippen molar-refractivity contribution in [2.24, 2.45) is 5.92 Å². The van der Waals surface area contributed by atoms with Crippen molar-refractivity contribution in [3.8, 4) is 0 Å². The van der Waals surface area contributed by atoms with Crippen LogP contribution < -0.4 is 5.32 Å². The van der Waals surface area contributed by atoms with E-state index in [1.54, 1.807) is 0 Å². The van der Waals surface area contributed by atoms with Gasteiger partial charge in [0, 0.05) is 38.8 Å². The maximum atomic E-state index is 12.7. The average molecular weight is 251 g/mol. The van der Waals surface area contributed by atoms with Gasteiger partial charge in [-0.3, -0.25) is 0 Å². The predicted molar refractivity (Wildman–Crippen MR) is 71.5 cm³/mol. The molecule has 0 saturated carbocycles. The molecule has 0 aromatic heterocycles. The highest BCUT2D eigenvalue weighted by atomic mass is 16.2. The second-order valence-electron chi connectivity index (χ2n) is 6.01. The summed E-state index contributed by atoms with van der Waals surface area (Å²) in [6.07, 6.45) is 7.43. The summed E-state index contributed by atoms with van der Waals surface area (Å²) in [6, 6.07) is 0.782. The van der Waals surface area contributed by atoms with Gasteiger partial charge in [-0.25, -0.2) is 4.79 Å². The van der Waals surface area contributed by atoms with Gasteiger partial charge in [0.15, 0.2) is 0 Å². The summed E-state index contributed by atoms with van der Waals surface area (Å²) in [5, 5.41) is 3.45. The summed E-state index contributed by atoms with van der Waals surface area (Å²) >= 11 is 0. The first-order chi connectivity index (χ1) is 8.86. The Morgan fingerprint density at radius 1 is 0.944 bits per heavy atom. The zero-order valence-electron chi connectivity index (χ0n) is 11.2. The van der Waals surface area contributed by atoms with Gasteiger partial charge in [-0.15, -0.1) is 0 Å². The number of amides is 2. The van der Waals surface area contributed by atoms with Crippen molar-refractivity contribution in [2.75, 3.05) is 32.7 Å². The lowest BCUT2D eigenvalue weighted by atomic mass is 9.92. The minimum atomic E-state index is 0.315. The number of nitrogens with zero attached hydrogens (tertiary/aromatic N) is 2. The molecule has 2 amide bonds. The molecule has 2 unspecified atom stereocenters. The molecule has 3 aliphatic rings. The summed E-state index contributed by atoms with van der Waals surface area (Å²) < 4.78 is 0. The number of carbonyl (C=O) groups excluding carboxylic acids is 1. The number of likely N-dealkylation sites (tertiary alicyclic amines) is 2. The average Bonchev–Trinajstić information content (AvgIpc) is 2.71. The van der Waals surface area contributed by atoms with Crippen LogP contribution in [0.25, 0.3) is 0 Å². The van der Waals surface area contributed by atoms with Crippen LogP contribution in [0.15, 0.2) is 0 Å². The molecule has 0 radical (unpaired) electrons. The second-order valence-corrected chi connectivity index (χ2v) is 6.01. The van der Waals surface area contributed by atoms with Crippen molar-refractivity contribution in [1.82, 2.24) is 15.1 Å². The number of hydrogen-bond donors (Lipinski definition) is 1. The van der Waals surface area contributed by atoms with E-state index < -0.39 is 0 Å². The number of piperidine rings is 1. The lowest BCUT2D eigenvalue weighted by Gasteiger charge is -2.39. The van der Waals surface area contributed by atoms with Crippen LogP contribution in [-0.4, -0.2) is 54.6 Å². The summed E-state index contributed by atoms with van der Waals surface area (Å²) in [5.41, 5.74) is 0. The van der Waals surface area contributed by atoms with Gasteiger partial charge in [-0.1, -0.05) is 12.8 Å². The normalized spacial score (nSPS) is 33.1. The Bertz CT molecular complexity index is 299. The fourth-order valence-corrected chi connectivity index (χ4v) is 3.75. The molecule has 2 atom stereocenters. The minimum Gasteiger partial charge on any atom is -0.325 e. The van der Waals surface area contributed by atoms with Crippen LogP contribution in [-0.2, 0) is 0 Å². The molecular formula is C14H25N3O. The van der Waals surface area contributed by atoms with Gasteiger partial charge < -0.3 is 15.1 Å². The summed E-state index contributed by atoms with van der Waals surface area (Å²) in [5.74, 6) is 0.703. The molecule has 3 fully saturated rings. The third-order valence-corrected chi connectivity index (χ3v) is 4.80. The van der Waals surface area contributed by atoms with Crippen LogP contribution >= 0.6 is 0 Å². The molecule has 102 valence electrons. The topological polar surface area (TPSA) is 35.6 Å². The van der Waals surface area contributed by atoms with Crippen LogP contribution in [0, 0.1) is 5.92 Å². The molecule has 4 heteroatoms. The molecular weight excluding hydrogens is 226 g/mol. The quantitative estimate of drug-likeness (QED) is 0.711. The number of urea groups is 1. The van der Waals surface area contributed by atoms with Crippen LogP contribution in [0.3, 0.4) is 0 Å². The van der Waals surface area contributed by atoms with Crippen molar-refractivity contribution in [1.29, 1.82) is 0 Å². The van der Waals surface area contributed by atoms with Crippen LogP contribution in [0.1, 0.15) is 38.5 Å². The maximum Gasteiger partial charge on any atom is 0.320 e. The van der Waals surface area contributed by atoms with Gasteiger partial charge in [-0.2, -0.15) is 0 Å². The Labute approximate surface area is 110 Å². The monoisotopic (exact) mass is 251 g/mol. The molecule has 3 aliphatic heterocycles. The first-order valence-corrected chi connectivity index (χ1v) is 7.62. The predicted octanol–water partition coefficient (Wildman–Crippen LogP) is 1.67. The minimum absolute atomic E-state index is 0.315. The van der Waals surface area contributed by atoms with E-state index in [0.29, 0.717) is 18.0 Å². The molecule has 0 aliphatic carbocycles. The SMILES string of the molecule is O=C(N1CCCCCC1)N1CCCC2CNCC21. The Hall–Kier alpha value is -0.770. The Balaban J connectivity index is 1.66. The maximum absolute atomic E-state index is 12.7. The molecule has 0 spiro atoms. The van der Waals surface area contributed by atoms with Gasteiger partial charge >= 0.3 is 6.03 Å². The molecule has 0 bridgehead atoms. The van der Waals surface area contributed by atoms with E-state index in [9.17, 15) is 4.79 Å². The molecule has 0 aromatic carbocycles. The molecule has 3 heterocycles. The standard InChI is InChI=1S/C14H25N3O/c18-14(16-7-3-1-2-4-8-16)17-9-5-6-12-10-15-11-13(12)17/h12-13,15H,1-11H2. The summed E-state index contributed by atoms with van der Waals surface area (Å²) in [7, 11) is 0. The Morgan fingerprint density at radius 3 is 2.50 bits per heavy atom. The van der Waals surface area contributed by atoms with E-state index in [1.807, 2.05) is 0 Å². The number of carbonyl (C=O) groups is 1. The zero-order valence-corrected chi connectivity index (χ0v) is 11.2. The summed E-state index contributed by atoms with van der Waals surface area (Å²) in [4.78, 5) is 16.9. The third-order valence-electron chi connectivity index (χ3n) is 4.80. The Morgan fingerprint density at radius 2 is 1.72 bits per heavy atom. The van der Waals surface area contributed by atoms with E-state index in [1.165, 1.54) is 38.5 Å². The van der Waals surface area contributed by atoms with E-state index in [4.69, 9.17) is 0 Å². The highest BCUT2D eigenvalue weighted by molar-refractivity contribution is 5.75. The molecule has 1 N–H and O–H groups in total. The molecule has 18 heavy (non-hydrogen) atoms. The van der Waals surface area contributed by atoms with Crippen LogP contribution in [0.4, 0.5) is 4.79 Å². The number of hydrogen-bond acceptors (Lipinski definition) is 2. The zero-order chi connectivity index (χ0) is 12.4. The first kappa shape index (κ1) is 12.3. The fourth-order valence-electron chi connectivity index (χ4n) is 3.75. The van der Waals surface area contributed by atoms with Gasteiger partial charge in [0.2, 0.25) is 0 Å². The van der Waals surface area contributed by atoms with Gasteiger partial charge in [0.25, 0.3) is 0 Å². The van der Waals surface area contributed by atoms with Gasteiger partial charge in [0.05, 0.1) is 0 Å². The van der Waals surface area contributed by atoms with Crippen LogP contribution in [0.5, 0.6) is 0 Å². The lowest BCUT2D eigenvalue weighted by Crippen LogP contribution is -2.53. The molecule has 3 rings (SSSR count).